The van der Waals surface area contributed by atoms with Crippen LogP contribution in [0.1, 0.15) is 115 Å². The fourth-order valence-electron chi connectivity index (χ4n) is 3.98. The molecule has 1 rings (SSSR count). The Bertz CT molecular complexity index is 703. The van der Waals surface area contributed by atoms with Crippen LogP contribution >= 0.6 is 0 Å². The van der Waals surface area contributed by atoms with E-state index in [0.29, 0.717) is 12.0 Å². The summed E-state index contributed by atoms with van der Waals surface area (Å²) in [6.07, 6.45) is 14.6. The third-order valence-corrected chi connectivity index (χ3v) is 6.19. The first-order valence-electron chi connectivity index (χ1n) is 13.1. The second kappa shape index (κ2) is 17.6. The molecule has 0 fully saturated rings. The monoisotopic (exact) mass is 483 g/mol. The second-order valence-electron chi connectivity index (χ2n) is 9.35. The molecule has 0 radical (unpaired) electrons. The lowest BCUT2D eigenvalue weighted by molar-refractivity contribution is -0.137. The van der Waals surface area contributed by atoms with E-state index < -0.39 is 29.8 Å². The van der Waals surface area contributed by atoms with Crippen LogP contribution in [0.3, 0.4) is 0 Å². The number of carbonyl (C=O) groups excluding carboxylic acids is 1. The lowest BCUT2D eigenvalue weighted by Gasteiger charge is -2.19. The summed E-state index contributed by atoms with van der Waals surface area (Å²) >= 11 is 0. The van der Waals surface area contributed by atoms with Gasteiger partial charge in [0.05, 0.1) is 17.7 Å². The van der Waals surface area contributed by atoms with Gasteiger partial charge in [-0.05, 0) is 37.1 Å². The van der Waals surface area contributed by atoms with Crippen LogP contribution in [-0.4, -0.2) is 23.2 Å². The zero-order valence-electron chi connectivity index (χ0n) is 21.0. The van der Waals surface area contributed by atoms with Crippen LogP contribution in [0.15, 0.2) is 30.3 Å². The number of benzene rings is 1. The Kier molecular flexibility index (Phi) is 15.6. The molecule has 0 heterocycles. The van der Waals surface area contributed by atoms with Crippen LogP contribution in [0, 0.1) is 0 Å². The van der Waals surface area contributed by atoms with Gasteiger partial charge in [-0.25, -0.2) is 0 Å². The van der Waals surface area contributed by atoms with Crippen molar-refractivity contribution in [2.24, 2.45) is 0 Å². The van der Waals surface area contributed by atoms with E-state index in [1.807, 2.05) is 0 Å². The molecular formula is C28H44F3NO2. The fourth-order valence-corrected chi connectivity index (χ4v) is 3.98. The quantitative estimate of drug-likeness (QED) is 0.164. The van der Waals surface area contributed by atoms with E-state index in [1.165, 1.54) is 94.9 Å². The van der Waals surface area contributed by atoms with Crippen LogP contribution in [0.2, 0.25) is 0 Å². The number of hydrogen-bond donors (Lipinski definition) is 2. The minimum atomic E-state index is -4.42. The highest BCUT2D eigenvalue weighted by Crippen LogP contribution is 2.29. The van der Waals surface area contributed by atoms with Gasteiger partial charge in [0.2, 0.25) is 5.91 Å². The molecule has 0 saturated carbocycles. The first kappa shape index (κ1) is 30.2. The average Bonchev–Trinajstić information content (AvgIpc) is 2.80. The standard InChI is InChI=1S/C28H44F3NO2/c1-3-4-5-6-7-8-9-10-11-12-13-14-15-19-26(33)23(2)32-27(34)21-20-24-17-16-18-25(22-24)28(29,30)31/h16-18,20-23,26,33H,3-15,19H2,1-2H3,(H,32,34)/b21-20+/t23-,26+/m0/s1. The Morgan fingerprint density at radius 2 is 1.47 bits per heavy atom. The van der Waals surface area contributed by atoms with Crippen LogP contribution in [0.25, 0.3) is 6.08 Å². The second-order valence-corrected chi connectivity index (χ2v) is 9.35. The maximum absolute atomic E-state index is 12.8. The molecule has 3 nitrogen and oxygen atoms in total. The maximum Gasteiger partial charge on any atom is 0.416 e. The largest absolute Gasteiger partial charge is 0.416 e. The Hall–Kier alpha value is -1.82. The van der Waals surface area contributed by atoms with Gasteiger partial charge in [-0.2, -0.15) is 13.2 Å². The number of carbonyl (C=O) groups is 1. The highest BCUT2D eigenvalue weighted by atomic mass is 19.4. The van der Waals surface area contributed by atoms with E-state index in [9.17, 15) is 23.1 Å². The topological polar surface area (TPSA) is 49.3 Å². The van der Waals surface area contributed by atoms with Crippen LogP contribution in [-0.2, 0) is 11.0 Å². The summed E-state index contributed by atoms with van der Waals surface area (Å²) < 4.78 is 38.3. The molecule has 1 aromatic rings. The summed E-state index contributed by atoms with van der Waals surface area (Å²) in [5.74, 6) is -0.436. The lowest BCUT2D eigenvalue weighted by atomic mass is 10.0. The van der Waals surface area contributed by atoms with Crippen LogP contribution in [0.4, 0.5) is 13.2 Å². The molecule has 6 heteroatoms. The smallest absolute Gasteiger partial charge is 0.391 e. The minimum Gasteiger partial charge on any atom is -0.391 e. The van der Waals surface area contributed by atoms with Crippen molar-refractivity contribution in [2.75, 3.05) is 0 Å². The van der Waals surface area contributed by atoms with Gasteiger partial charge in [-0.3, -0.25) is 4.79 Å². The van der Waals surface area contributed by atoms with Crippen molar-refractivity contribution in [1.29, 1.82) is 0 Å². The number of amides is 1. The molecule has 0 spiro atoms. The van der Waals surface area contributed by atoms with E-state index in [1.54, 1.807) is 6.92 Å². The highest BCUT2D eigenvalue weighted by Gasteiger charge is 2.30. The van der Waals surface area contributed by atoms with Gasteiger partial charge in [0.1, 0.15) is 0 Å². The normalized spacial score (nSPS) is 13.8. The van der Waals surface area contributed by atoms with Crippen molar-refractivity contribution < 1.29 is 23.1 Å². The van der Waals surface area contributed by atoms with Gasteiger partial charge in [0, 0.05) is 6.08 Å². The summed E-state index contributed by atoms with van der Waals surface area (Å²) in [5.41, 5.74) is -0.457. The molecule has 34 heavy (non-hydrogen) atoms. The summed E-state index contributed by atoms with van der Waals surface area (Å²) in [7, 11) is 0. The number of hydrogen-bond acceptors (Lipinski definition) is 2. The molecule has 1 aromatic carbocycles. The van der Waals surface area contributed by atoms with Crippen molar-refractivity contribution in [1.82, 2.24) is 5.32 Å². The predicted molar refractivity (Wildman–Crippen MR) is 134 cm³/mol. The average molecular weight is 484 g/mol. The first-order valence-corrected chi connectivity index (χ1v) is 13.1. The molecule has 2 atom stereocenters. The summed E-state index contributed by atoms with van der Waals surface area (Å²) in [4.78, 5) is 12.1. The zero-order chi connectivity index (χ0) is 25.2. The Balaban J connectivity index is 2.12. The van der Waals surface area contributed by atoms with Crippen molar-refractivity contribution >= 4 is 12.0 Å². The number of unbranched alkanes of at least 4 members (excludes halogenated alkanes) is 12. The van der Waals surface area contributed by atoms with E-state index in [2.05, 4.69) is 12.2 Å². The molecule has 0 aromatic heterocycles. The molecule has 0 aliphatic carbocycles. The minimum absolute atomic E-state index is 0.296. The van der Waals surface area contributed by atoms with E-state index >= 15 is 0 Å². The summed E-state index contributed by atoms with van der Waals surface area (Å²) in [6.45, 7) is 3.98. The number of rotatable bonds is 18. The van der Waals surface area contributed by atoms with Crippen molar-refractivity contribution in [3.05, 3.63) is 41.5 Å². The Morgan fingerprint density at radius 3 is 2.00 bits per heavy atom. The number of halogens is 3. The molecule has 194 valence electrons. The maximum atomic E-state index is 12.8. The fraction of sp³-hybridized carbons (Fsp3) is 0.679. The SMILES string of the molecule is CCCCCCCCCCCCCCC[C@@H](O)[C@H](C)NC(=O)/C=C/c1cccc(C(F)(F)F)c1. The molecular weight excluding hydrogens is 439 g/mol. The van der Waals surface area contributed by atoms with Crippen molar-refractivity contribution in [2.45, 2.75) is 122 Å². The van der Waals surface area contributed by atoms with Gasteiger partial charge in [0.15, 0.2) is 0 Å². The zero-order valence-corrected chi connectivity index (χ0v) is 21.0. The Labute approximate surface area is 204 Å². The molecule has 0 saturated heterocycles. The third kappa shape index (κ3) is 14.4. The number of nitrogens with one attached hydrogen (secondary N) is 1. The van der Waals surface area contributed by atoms with Gasteiger partial charge >= 0.3 is 6.18 Å². The van der Waals surface area contributed by atoms with Gasteiger partial charge in [-0.15, -0.1) is 0 Å². The number of alkyl halides is 3. The molecule has 2 N–H and O–H groups in total. The molecule has 0 bridgehead atoms. The Morgan fingerprint density at radius 1 is 0.941 bits per heavy atom. The van der Waals surface area contributed by atoms with Crippen LogP contribution in [0.5, 0.6) is 0 Å². The molecule has 1 amide bonds. The summed E-state index contributed by atoms with van der Waals surface area (Å²) in [5, 5.41) is 13.0. The lowest BCUT2D eigenvalue weighted by Crippen LogP contribution is -2.40. The summed E-state index contributed by atoms with van der Waals surface area (Å²) in [6, 6.07) is 4.38. The van der Waals surface area contributed by atoms with Crippen molar-refractivity contribution in [3.8, 4) is 0 Å². The first-order chi connectivity index (χ1) is 16.2. The third-order valence-electron chi connectivity index (χ3n) is 6.19. The highest BCUT2D eigenvalue weighted by molar-refractivity contribution is 5.91. The van der Waals surface area contributed by atoms with Crippen molar-refractivity contribution in [3.63, 3.8) is 0 Å². The number of aliphatic hydroxyl groups is 1. The number of aliphatic hydroxyl groups excluding tert-OH is 1. The molecule has 0 aliphatic heterocycles. The van der Waals surface area contributed by atoms with E-state index in [4.69, 9.17) is 0 Å². The van der Waals surface area contributed by atoms with Gasteiger partial charge in [0.25, 0.3) is 0 Å². The van der Waals surface area contributed by atoms with Crippen LogP contribution < -0.4 is 5.32 Å². The molecule has 0 unspecified atom stereocenters. The predicted octanol–water partition coefficient (Wildman–Crippen LogP) is 8.07. The van der Waals surface area contributed by atoms with Gasteiger partial charge < -0.3 is 10.4 Å². The van der Waals surface area contributed by atoms with Gasteiger partial charge in [-0.1, -0.05) is 103 Å². The van der Waals surface area contributed by atoms with E-state index in [0.717, 1.165) is 25.0 Å². The van der Waals surface area contributed by atoms with E-state index in [-0.39, 0.29) is 0 Å². The molecule has 0 aliphatic rings.